The number of nitrogens with one attached hydrogen (secondary N) is 1. The van der Waals surface area contributed by atoms with Gasteiger partial charge >= 0.3 is 0 Å². The Kier molecular flexibility index (Phi) is 4.62. The third-order valence-corrected chi connectivity index (χ3v) is 3.87. The Morgan fingerprint density at radius 3 is 2.00 bits per heavy atom. The highest BCUT2D eigenvalue weighted by molar-refractivity contribution is 6.31. The SMILES string of the molecule is Cc1ccccc1C(C)N[C@@H](C)c1ccccc1Cl. The summed E-state index contributed by atoms with van der Waals surface area (Å²) < 4.78 is 0. The van der Waals surface area contributed by atoms with Crippen molar-refractivity contribution in [2.24, 2.45) is 0 Å². The minimum Gasteiger partial charge on any atom is -0.304 e. The summed E-state index contributed by atoms with van der Waals surface area (Å²) in [5, 5.41) is 4.43. The monoisotopic (exact) mass is 273 g/mol. The van der Waals surface area contributed by atoms with E-state index in [2.05, 4.69) is 56.4 Å². The van der Waals surface area contributed by atoms with E-state index in [1.165, 1.54) is 11.1 Å². The van der Waals surface area contributed by atoms with Crippen molar-refractivity contribution in [1.29, 1.82) is 0 Å². The van der Waals surface area contributed by atoms with Crippen molar-refractivity contribution in [2.75, 3.05) is 0 Å². The summed E-state index contributed by atoms with van der Waals surface area (Å²) in [6.07, 6.45) is 0. The number of halogens is 1. The van der Waals surface area contributed by atoms with Gasteiger partial charge < -0.3 is 5.32 Å². The molecule has 0 saturated carbocycles. The van der Waals surface area contributed by atoms with Gasteiger partial charge in [-0.25, -0.2) is 0 Å². The lowest BCUT2D eigenvalue weighted by Crippen LogP contribution is -2.23. The molecule has 0 radical (unpaired) electrons. The molecule has 2 aromatic carbocycles. The van der Waals surface area contributed by atoms with Crippen LogP contribution in [-0.4, -0.2) is 0 Å². The van der Waals surface area contributed by atoms with Gasteiger partial charge in [0.1, 0.15) is 0 Å². The maximum absolute atomic E-state index is 6.24. The predicted octanol–water partition coefficient (Wildman–Crippen LogP) is 5.06. The number of hydrogen-bond acceptors (Lipinski definition) is 1. The third kappa shape index (κ3) is 3.37. The Labute approximate surface area is 120 Å². The second kappa shape index (κ2) is 6.23. The first kappa shape index (κ1) is 14.1. The number of benzene rings is 2. The van der Waals surface area contributed by atoms with Gasteiger partial charge in [-0.05, 0) is 43.5 Å². The van der Waals surface area contributed by atoms with Crippen molar-refractivity contribution in [2.45, 2.75) is 32.9 Å². The normalized spacial score (nSPS) is 14.1. The molecule has 0 saturated heterocycles. The molecule has 0 aromatic heterocycles. The van der Waals surface area contributed by atoms with Crippen LogP contribution >= 0.6 is 11.6 Å². The Bertz CT molecular complexity index is 501. The quantitative estimate of drug-likeness (QED) is 0.821. The molecule has 0 bridgehead atoms. The summed E-state index contributed by atoms with van der Waals surface area (Å²) in [5.41, 5.74) is 3.79. The Balaban J connectivity index is 2.13. The lowest BCUT2D eigenvalue weighted by atomic mass is 10.0. The first-order chi connectivity index (χ1) is 9.09. The molecule has 0 aliphatic rings. The van der Waals surface area contributed by atoms with E-state index in [4.69, 9.17) is 11.6 Å². The molecule has 1 nitrogen and oxygen atoms in total. The molecule has 19 heavy (non-hydrogen) atoms. The van der Waals surface area contributed by atoms with Gasteiger partial charge in [-0.15, -0.1) is 0 Å². The third-order valence-electron chi connectivity index (χ3n) is 3.53. The zero-order valence-electron chi connectivity index (χ0n) is 11.7. The van der Waals surface area contributed by atoms with Crippen molar-refractivity contribution < 1.29 is 0 Å². The highest BCUT2D eigenvalue weighted by atomic mass is 35.5. The Hall–Kier alpha value is -1.31. The van der Waals surface area contributed by atoms with Crippen LogP contribution < -0.4 is 5.32 Å². The molecule has 100 valence electrons. The van der Waals surface area contributed by atoms with E-state index >= 15 is 0 Å². The lowest BCUT2D eigenvalue weighted by Gasteiger charge is -2.22. The molecule has 2 rings (SSSR count). The summed E-state index contributed by atoms with van der Waals surface area (Å²) >= 11 is 6.24. The second-order valence-corrected chi connectivity index (χ2v) is 5.40. The summed E-state index contributed by atoms with van der Waals surface area (Å²) in [4.78, 5) is 0. The minimum absolute atomic E-state index is 0.225. The van der Waals surface area contributed by atoms with Crippen LogP contribution in [-0.2, 0) is 0 Å². The van der Waals surface area contributed by atoms with E-state index in [9.17, 15) is 0 Å². The molecule has 1 unspecified atom stereocenters. The number of hydrogen-bond donors (Lipinski definition) is 1. The lowest BCUT2D eigenvalue weighted by molar-refractivity contribution is 0.493. The van der Waals surface area contributed by atoms with E-state index in [-0.39, 0.29) is 6.04 Å². The average molecular weight is 274 g/mol. The standard InChI is InChI=1S/C17H20ClN/c1-12-8-4-5-9-15(12)13(2)19-14(3)16-10-6-7-11-17(16)18/h4-11,13-14,19H,1-3H3/t13?,14-/m0/s1. The van der Waals surface area contributed by atoms with E-state index in [1.54, 1.807) is 0 Å². The zero-order valence-corrected chi connectivity index (χ0v) is 12.4. The van der Waals surface area contributed by atoms with Gasteiger partial charge in [0.15, 0.2) is 0 Å². The summed E-state index contributed by atoms with van der Waals surface area (Å²) in [5.74, 6) is 0. The van der Waals surface area contributed by atoms with Crippen LogP contribution in [0.25, 0.3) is 0 Å². The van der Waals surface area contributed by atoms with E-state index in [0.29, 0.717) is 6.04 Å². The maximum Gasteiger partial charge on any atom is 0.0453 e. The van der Waals surface area contributed by atoms with Crippen molar-refractivity contribution in [3.05, 3.63) is 70.2 Å². The maximum atomic E-state index is 6.24. The molecule has 1 N–H and O–H groups in total. The van der Waals surface area contributed by atoms with Crippen molar-refractivity contribution in [3.8, 4) is 0 Å². The fraction of sp³-hybridized carbons (Fsp3) is 0.294. The van der Waals surface area contributed by atoms with Gasteiger partial charge in [0, 0.05) is 17.1 Å². The number of rotatable bonds is 4. The van der Waals surface area contributed by atoms with Crippen LogP contribution in [0.1, 0.15) is 42.6 Å². The molecule has 0 aliphatic heterocycles. The molecular weight excluding hydrogens is 254 g/mol. The van der Waals surface area contributed by atoms with Crippen LogP contribution in [0.2, 0.25) is 5.02 Å². The molecule has 0 aliphatic carbocycles. The second-order valence-electron chi connectivity index (χ2n) is 4.99. The van der Waals surface area contributed by atoms with Crippen LogP contribution in [0.15, 0.2) is 48.5 Å². The van der Waals surface area contributed by atoms with Crippen LogP contribution in [0, 0.1) is 6.92 Å². The van der Waals surface area contributed by atoms with E-state index in [1.807, 2.05) is 18.2 Å². The van der Waals surface area contributed by atoms with Gasteiger partial charge in [-0.3, -0.25) is 0 Å². The largest absolute Gasteiger partial charge is 0.304 e. The molecular formula is C17H20ClN. The highest BCUT2D eigenvalue weighted by Gasteiger charge is 2.14. The Morgan fingerprint density at radius 1 is 0.842 bits per heavy atom. The van der Waals surface area contributed by atoms with Gasteiger partial charge in [0.2, 0.25) is 0 Å². The molecule has 2 aromatic rings. The first-order valence-electron chi connectivity index (χ1n) is 6.65. The molecule has 0 heterocycles. The fourth-order valence-electron chi connectivity index (χ4n) is 2.45. The minimum atomic E-state index is 0.225. The van der Waals surface area contributed by atoms with Crippen molar-refractivity contribution in [1.82, 2.24) is 5.32 Å². The van der Waals surface area contributed by atoms with Crippen LogP contribution in [0.5, 0.6) is 0 Å². The number of aryl methyl sites for hydroxylation is 1. The van der Waals surface area contributed by atoms with Crippen LogP contribution in [0.4, 0.5) is 0 Å². The van der Waals surface area contributed by atoms with E-state index < -0.39 is 0 Å². The molecule has 2 atom stereocenters. The fourth-order valence-corrected chi connectivity index (χ4v) is 2.75. The summed E-state index contributed by atoms with van der Waals surface area (Å²) in [6, 6.07) is 17.0. The molecule has 0 spiro atoms. The van der Waals surface area contributed by atoms with Crippen molar-refractivity contribution >= 4 is 11.6 Å². The molecule has 2 heteroatoms. The average Bonchev–Trinajstić information content (AvgIpc) is 2.39. The molecule has 0 fully saturated rings. The van der Waals surface area contributed by atoms with E-state index in [0.717, 1.165) is 10.6 Å². The van der Waals surface area contributed by atoms with Gasteiger partial charge in [0.05, 0.1) is 0 Å². The topological polar surface area (TPSA) is 12.0 Å². The first-order valence-corrected chi connectivity index (χ1v) is 7.03. The van der Waals surface area contributed by atoms with Gasteiger partial charge in [-0.2, -0.15) is 0 Å². The highest BCUT2D eigenvalue weighted by Crippen LogP contribution is 2.26. The Morgan fingerprint density at radius 2 is 1.37 bits per heavy atom. The van der Waals surface area contributed by atoms with Gasteiger partial charge in [0.25, 0.3) is 0 Å². The van der Waals surface area contributed by atoms with Gasteiger partial charge in [-0.1, -0.05) is 54.1 Å². The van der Waals surface area contributed by atoms with Crippen molar-refractivity contribution in [3.63, 3.8) is 0 Å². The summed E-state index contributed by atoms with van der Waals surface area (Å²) in [6.45, 7) is 6.49. The van der Waals surface area contributed by atoms with Crippen LogP contribution in [0.3, 0.4) is 0 Å². The predicted molar refractivity (Wildman–Crippen MR) is 82.6 cm³/mol. The smallest absolute Gasteiger partial charge is 0.0453 e. The zero-order chi connectivity index (χ0) is 13.8. The molecule has 0 amide bonds. The summed E-state index contributed by atoms with van der Waals surface area (Å²) in [7, 11) is 0.